The molecule has 0 saturated carbocycles. The third-order valence-corrected chi connectivity index (χ3v) is 5.59. The zero-order valence-electron chi connectivity index (χ0n) is 15.9. The number of nitrogens with zero attached hydrogens (tertiary/aromatic N) is 4. The van der Waals surface area contributed by atoms with Crippen LogP contribution in [0.3, 0.4) is 0 Å². The maximum atomic E-state index is 11.0. The first-order valence-corrected chi connectivity index (χ1v) is 9.87. The van der Waals surface area contributed by atoms with Crippen LogP contribution in [0.15, 0.2) is 30.6 Å². The highest BCUT2D eigenvalue weighted by Crippen LogP contribution is 2.35. The summed E-state index contributed by atoms with van der Waals surface area (Å²) in [4.78, 5) is 15.6. The van der Waals surface area contributed by atoms with Crippen LogP contribution >= 0.6 is 0 Å². The lowest BCUT2D eigenvalue weighted by atomic mass is 9.85. The fourth-order valence-electron chi connectivity index (χ4n) is 3.87. The Morgan fingerprint density at radius 1 is 1.29 bits per heavy atom. The first-order chi connectivity index (χ1) is 13.7. The van der Waals surface area contributed by atoms with Crippen molar-refractivity contribution in [2.45, 2.75) is 30.8 Å². The molecule has 3 N–H and O–H groups in total. The number of pyridine rings is 1. The van der Waals surface area contributed by atoms with E-state index >= 15 is 0 Å². The Hall–Kier alpha value is -2.29. The van der Waals surface area contributed by atoms with Crippen molar-refractivity contribution in [1.29, 1.82) is 0 Å². The summed E-state index contributed by atoms with van der Waals surface area (Å²) in [6, 6.07) is 5.83. The van der Waals surface area contributed by atoms with Gasteiger partial charge in [-0.1, -0.05) is 6.07 Å². The van der Waals surface area contributed by atoms with E-state index in [4.69, 9.17) is 9.84 Å². The predicted molar refractivity (Wildman–Crippen MR) is 105 cm³/mol. The second kappa shape index (κ2) is 8.38. The molecule has 0 aromatic carbocycles. The fraction of sp³-hybridized carbons (Fsp3) is 0.550. The van der Waals surface area contributed by atoms with E-state index in [-0.39, 0.29) is 12.5 Å². The summed E-state index contributed by atoms with van der Waals surface area (Å²) in [6.45, 7) is 3.26. The van der Waals surface area contributed by atoms with Crippen molar-refractivity contribution < 1.29 is 14.9 Å². The van der Waals surface area contributed by atoms with Crippen molar-refractivity contribution >= 4 is 11.8 Å². The van der Waals surface area contributed by atoms with E-state index in [0.29, 0.717) is 45.0 Å². The van der Waals surface area contributed by atoms with E-state index in [0.717, 1.165) is 30.1 Å². The molecule has 2 fully saturated rings. The standard InChI is InChI=1S/C20H27N5O3/c26-10-7-22-19-23-17(15-3-11-28-14-15)12-18(24-19)25-8-4-20(27,5-9-25)16-2-1-6-21-13-16/h1-2,6,12-13,15,26-27H,3-5,7-11,14H2,(H,22,23,24)/t15-/m0/s1. The minimum Gasteiger partial charge on any atom is -0.395 e. The lowest BCUT2D eigenvalue weighted by Gasteiger charge is -2.39. The number of rotatable bonds is 6. The Balaban J connectivity index is 1.52. The van der Waals surface area contributed by atoms with E-state index < -0.39 is 5.60 Å². The Labute approximate surface area is 164 Å². The monoisotopic (exact) mass is 385 g/mol. The van der Waals surface area contributed by atoms with Crippen molar-refractivity contribution in [3.63, 3.8) is 0 Å². The molecule has 2 aliphatic rings. The van der Waals surface area contributed by atoms with Crippen molar-refractivity contribution in [2.75, 3.05) is 49.7 Å². The second-order valence-electron chi connectivity index (χ2n) is 7.45. The van der Waals surface area contributed by atoms with E-state index in [1.165, 1.54) is 0 Å². The van der Waals surface area contributed by atoms with Crippen LogP contribution in [0.2, 0.25) is 0 Å². The summed E-state index contributed by atoms with van der Waals surface area (Å²) in [5.74, 6) is 1.65. The maximum Gasteiger partial charge on any atom is 0.224 e. The molecule has 4 heterocycles. The highest BCUT2D eigenvalue weighted by Gasteiger charge is 2.35. The molecule has 1 atom stereocenters. The summed E-state index contributed by atoms with van der Waals surface area (Å²) in [5, 5.41) is 23.2. The van der Waals surface area contributed by atoms with Gasteiger partial charge in [0.25, 0.3) is 0 Å². The van der Waals surface area contributed by atoms with Crippen molar-refractivity contribution in [3.8, 4) is 0 Å². The van der Waals surface area contributed by atoms with Gasteiger partial charge < -0.3 is 25.2 Å². The molecule has 0 unspecified atom stereocenters. The number of hydrogen-bond donors (Lipinski definition) is 3. The van der Waals surface area contributed by atoms with Gasteiger partial charge >= 0.3 is 0 Å². The third-order valence-electron chi connectivity index (χ3n) is 5.59. The fourth-order valence-corrected chi connectivity index (χ4v) is 3.87. The smallest absolute Gasteiger partial charge is 0.224 e. The van der Waals surface area contributed by atoms with E-state index in [1.807, 2.05) is 18.2 Å². The van der Waals surface area contributed by atoms with Crippen LogP contribution < -0.4 is 10.2 Å². The number of nitrogens with one attached hydrogen (secondary N) is 1. The highest BCUT2D eigenvalue weighted by molar-refractivity contribution is 5.46. The average Bonchev–Trinajstić information content (AvgIpc) is 3.28. The first-order valence-electron chi connectivity index (χ1n) is 9.87. The Bertz CT molecular complexity index is 775. The molecule has 0 amide bonds. The minimum absolute atomic E-state index is 0.0251. The predicted octanol–water partition coefficient (Wildman–Crippen LogP) is 1.27. The molecule has 8 nitrogen and oxygen atoms in total. The Kier molecular flexibility index (Phi) is 5.70. The van der Waals surface area contributed by atoms with Gasteiger partial charge in [-0.3, -0.25) is 4.98 Å². The van der Waals surface area contributed by atoms with Gasteiger partial charge in [-0.05, 0) is 25.3 Å². The molecule has 8 heteroatoms. The second-order valence-corrected chi connectivity index (χ2v) is 7.45. The zero-order chi connectivity index (χ0) is 19.4. The number of aromatic nitrogens is 3. The first kappa shape index (κ1) is 19.0. The van der Waals surface area contributed by atoms with Crippen molar-refractivity contribution in [3.05, 3.63) is 41.9 Å². The average molecular weight is 385 g/mol. The number of aliphatic hydroxyl groups excluding tert-OH is 1. The highest BCUT2D eigenvalue weighted by atomic mass is 16.5. The molecular formula is C20H27N5O3. The summed E-state index contributed by atoms with van der Waals surface area (Å²) in [6.07, 6.45) is 5.65. The van der Waals surface area contributed by atoms with Gasteiger partial charge in [0, 0.05) is 56.2 Å². The van der Waals surface area contributed by atoms with Crippen LogP contribution in [0, 0.1) is 0 Å². The van der Waals surface area contributed by atoms with E-state index in [1.54, 1.807) is 12.4 Å². The van der Waals surface area contributed by atoms with Crippen molar-refractivity contribution in [1.82, 2.24) is 15.0 Å². The lowest BCUT2D eigenvalue weighted by molar-refractivity contribution is 0.0113. The molecule has 2 aromatic heterocycles. The zero-order valence-corrected chi connectivity index (χ0v) is 15.9. The molecule has 0 aliphatic carbocycles. The van der Waals surface area contributed by atoms with Gasteiger partial charge in [0.05, 0.1) is 24.5 Å². The summed E-state index contributed by atoms with van der Waals surface area (Å²) in [7, 11) is 0. The molecule has 0 radical (unpaired) electrons. The minimum atomic E-state index is -0.849. The Morgan fingerprint density at radius 2 is 2.14 bits per heavy atom. The van der Waals surface area contributed by atoms with Crippen LogP contribution in [-0.2, 0) is 10.3 Å². The summed E-state index contributed by atoms with van der Waals surface area (Å²) >= 11 is 0. The largest absolute Gasteiger partial charge is 0.395 e. The van der Waals surface area contributed by atoms with Crippen LogP contribution in [0.25, 0.3) is 0 Å². The van der Waals surface area contributed by atoms with Gasteiger partial charge in [0.2, 0.25) is 5.95 Å². The number of anilines is 2. The quantitative estimate of drug-likeness (QED) is 0.683. The molecule has 28 heavy (non-hydrogen) atoms. The van der Waals surface area contributed by atoms with E-state index in [9.17, 15) is 5.11 Å². The summed E-state index contributed by atoms with van der Waals surface area (Å²) in [5.41, 5.74) is 0.986. The summed E-state index contributed by atoms with van der Waals surface area (Å²) < 4.78 is 5.52. The topological polar surface area (TPSA) is 104 Å². The lowest BCUT2D eigenvalue weighted by Crippen LogP contribution is -2.43. The van der Waals surface area contributed by atoms with Crippen LogP contribution in [0.5, 0.6) is 0 Å². The van der Waals surface area contributed by atoms with Gasteiger partial charge in [-0.2, -0.15) is 4.98 Å². The molecule has 2 saturated heterocycles. The number of piperidine rings is 1. The van der Waals surface area contributed by atoms with Gasteiger partial charge in [-0.25, -0.2) is 4.98 Å². The van der Waals surface area contributed by atoms with Crippen LogP contribution in [0.4, 0.5) is 11.8 Å². The number of ether oxygens (including phenoxy) is 1. The van der Waals surface area contributed by atoms with E-state index in [2.05, 4.69) is 25.2 Å². The Morgan fingerprint density at radius 3 is 2.82 bits per heavy atom. The molecule has 150 valence electrons. The third kappa shape index (κ3) is 4.09. The number of aliphatic hydroxyl groups is 2. The molecule has 4 rings (SSSR count). The number of hydrogen-bond acceptors (Lipinski definition) is 8. The molecule has 2 aromatic rings. The molecular weight excluding hydrogens is 358 g/mol. The van der Waals surface area contributed by atoms with Gasteiger partial charge in [0.1, 0.15) is 5.82 Å². The van der Waals surface area contributed by atoms with Crippen LogP contribution in [-0.4, -0.2) is 64.6 Å². The van der Waals surface area contributed by atoms with Crippen molar-refractivity contribution in [2.24, 2.45) is 0 Å². The van der Waals surface area contributed by atoms with Crippen LogP contribution in [0.1, 0.15) is 36.4 Å². The van der Waals surface area contributed by atoms with Gasteiger partial charge in [-0.15, -0.1) is 0 Å². The SMILES string of the molecule is OCCNc1nc([C@H]2CCOC2)cc(N2CCC(O)(c3cccnc3)CC2)n1. The molecule has 2 aliphatic heterocycles. The maximum absolute atomic E-state index is 11.0. The van der Waals surface area contributed by atoms with Gasteiger partial charge in [0.15, 0.2) is 0 Å². The molecule has 0 spiro atoms. The normalized spacial score (nSPS) is 21.6. The molecule has 0 bridgehead atoms.